The van der Waals surface area contributed by atoms with Gasteiger partial charge in [0.05, 0.1) is 5.70 Å². The van der Waals surface area contributed by atoms with Crippen molar-refractivity contribution < 1.29 is 0 Å². The molecule has 0 saturated heterocycles. The maximum Gasteiger partial charge on any atom is 0.0995 e. The molecule has 0 aromatic heterocycles. The summed E-state index contributed by atoms with van der Waals surface area (Å²) in [7, 11) is 0. The summed E-state index contributed by atoms with van der Waals surface area (Å²) in [6.07, 6.45) is 3.97. The highest BCUT2D eigenvalue weighted by Crippen LogP contribution is 2.37. The van der Waals surface area contributed by atoms with E-state index in [0.717, 1.165) is 29.8 Å². The summed E-state index contributed by atoms with van der Waals surface area (Å²) in [6.45, 7) is 4.21. The van der Waals surface area contributed by atoms with Gasteiger partial charge in [-0.25, -0.2) is 0 Å². The zero-order valence-electron chi connectivity index (χ0n) is 14.0. The van der Waals surface area contributed by atoms with Crippen molar-refractivity contribution in [2.45, 2.75) is 26.7 Å². The van der Waals surface area contributed by atoms with Crippen molar-refractivity contribution in [3.8, 4) is 0 Å². The first kappa shape index (κ1) is 14.8. The van der Waals surface area contributed by atoms with E-state index in [4.69, 9.17) is 0 Å². The molecular formula is C21H19N3. The Bertz CT molecular complexity index is 930. The summed E-state index contributed by atoms with van der Waals surface area (Å²) < 4.78 is 0. The fourth-order valence-electron chi connectivity index (χ4n) is 3.44. The Hall–Kier alpha value is -2.81. The first-order chi connectivity index (χ1) is 11.7. The molecule has 3 nitrogen and oxygen atoms in total. The predicted molar refractivity (Wildman–Crippen MR) is 99.6 cm³/mol. The number of fused-ring (bicyclic) bond motifs is 4. The largest absolute Gasteiger partial charge is 0.140 e. The van der Waals surface area contributed by atoms with Gasteiger partial charge in [-0.2, -0.15) is 0 Å². The number of rotatable bonds is 0. The smallest absolute Gasteiger partial charge is 0.0995 e. The molecule has 0 atom stereocenters. The van der Waals surface area contributed by atoms with Crippen LogP contribution in [0.4, 0.5) is 0 Å². The van der Waals surface area contributed by atoms with E-state index in [1.165, 1.54) is 27.8 Å². The summed E-state index contributed by atoms with van der Waals surface area (Å²) in [5.41, 5.74) is 9.37. The van der Waals surface area contributed by atoms with Gasteiger partial charge in [0, 0.05) is 17.7 Å². The minimum absolute atomic E-state index is 0.771. The van der Waals surface area contributed by atoms with Crippen LogP contribution in [0.5, 0.6) is 0 Å². The molecule has 4 rings (SSSR count). The average Bonchev–Trinajstić information content (AvgIpc) is 2.74. The Kier molecular flexibility index (Phi) is 3.69. The normalized spacial score (nSPS) is 18.8. The molecule has 1 aliphatic carbocycles. The average molecular weight is 313 g/mol. The molecule has 0 unspecified atom stereocenters. The van der Waals surface area contributed by atoms with E-state index < -0.39 is 0 Å². The van der Waals surface area contributed by atoms with Crippen LogP contribution in [0.15, 0.2) is 69.5 Å². The first-order valence-electron chi connectivity index (χ1n) is 8.24. The standard InChI is InChI=1S/C21H19N3/c1-14-11-16-7-3-5-9-18(16)20-13-15(2)22-24-23-21(20)19-10-6-4-8-17(19)12-14/h3-10,12H,11,13H2,1-2H3/b14-12-. The van der Waals surface area contributed by atoms with E-state index in [-0.39, 0.29) is 0 Å². The second kappa shape index (κ2) is 6.00. The van der Waals surface area contributed by atoms with Gasteiger partial charge in [-0.05, 0) is 47.8 Å². The van der Waals surface area contributed by atoms with Crippen molar-refractivity contribution in [3.63, 3.8) is 0 Å². The molecule has 118 valence electrons. The lowest BCUT2D eigenvalue weighted by atomic mass is 9.90. The summed E-state index contributed by atoms with van der Waals surface area (Å²) in [6, 6.07) is 17.0. The summed E-state index contributed by atoms with van der Waals surface area (Å²) in [5, 5.41) is 12.8. The second-order valence-corrected chi connectivity index (χ2v) is 6.44. The molecule has 2 aliphatic rings. The SMILES string of the molecule is CC1=NN=NC2=C(C1)c1ccccc1C/C(C)=C\c1ccccc12. The third-order valence-electron chi connectivity index (χ3n) is 4.51. The van der Waals surface area contributed by atoms with Crippen molar-refractivity contribution in [1.29, 1.82) is 0 Å². The maximum absolute atomic E-state index is 4.49. The Balaban J connectivity index is 2.08. The second-order valence-electron chi connectivity index (χ2n) is 6.44. The molecule has 0 amide bonds. The van der Waals surface area contributed by atoms with Crippen LogP contribution in [-0.4, -0.2) is 5.71 Å². The lowest BCUT2D eigenvalue weighted by Crippen LogP contribution is -2.00. The highest BCUT2D eigenvalue weighted by atomic mass is 15.4. The first-order valence-corrected chi connectivity index (χ1v) is 8.24. The number of allylic oxidation sites excluding steroid dienone is 2. The molecule has 2 aromatic rings. The topological polar surface area (TPSA) is 37.1 Å². The number of hydrogen-bond acceptors (Lipinski definition) is 3. The Labute approximate surface area is 142 Å². The molecule has 0 spiro atoms. The predicted octanol–water partition coefficient (Wildman–Crippen LogP) is 5.75. The number of nitrogens with zero attached hydrogens (tertiary/aromatic N) is 3. The van der Waals surface area contributed by atoms with E-state index in [1.807, 2.05) is 6.92 Å². The lowest BCUT2D eigenvalue weighted by molar-refractivity contribution is 1.07. The van der Waals surface area contributed by atoms with Crippen molar-refractivity contribution in [2.24, 2.45) is 15.4 Å². The Morgan fingerprint density at radius 2 is 1.58 bits per heavy atom. The van der Waals surface area contributed by atoms with E-state index in [1.54, 1.807) is 0 Å². The minimum atomic E-state index is 0.771. The molecule has 0 radical (unpaired) electrons. The zero-order chi connectivity index (χ0) is 16.5. The van der Waals surface area contributed by atoms with Crippen molar-refractivity contribution in [2.75, 3.05) is 0 Å². The maximum atomic E-state index is 4.49. The van der Waals surface area contributed by atoms with E-state index >= 15 is 0 Å². The molecule has 1 heterocycles. The van der Waals surface area contributed by atoms with Gasteiger partial charge in [0.1, 0.15) is 0 Å². The quantitative estimate of drug-likeness (QED) is 0.594. The zero-order valence-corrected chi connectivity index (χ0v) is 14.0. The summed E-state index contributed by atoms with van der Waals surface area (Å²) >= 11 is 0. The lowest BCUT2D eigenvalue weighted by Gasteiger charge is -2.14. The van der Waals surface area contributed by atoms with Gasteiger partial charge in [-0.15, -0.1) is 10.2 Å². The fourth-order valence-corrected chi connectivity index (χ4v) is 3.44. The third kappa shape index (κ3) is 2.62. The van der Waals surface area contributed by atoms with Crippen LogP contribution < -0.4 is 0 Å². The van der Waals surface area contributed by atoms with Crippen LogP contribution in [0.25, 0.3) is 17.3 Å². The van der Waals surface area contributed by atoms with Crippen LogP contribution in [0.1, 0.15) is 42.5 Å². The molecule has 0 saturated carbocycles. The van der Waals surface area contributed by atoms with E-state index in [0.29, 0.717) is 0 Å². The van der Waals surface area contributed by atoms with Crippen molar-refractivity contribution in [1.82, 2.24) is 0 Å². The van der Waals surface area contributed by atoms with E-state index in [9.17, 15) is 0 Å². The van der Waals surface area contributed by atoms with Gasteiger partial charge in [-0.1, -0.05) is 60.2 Å². The van der Waals surface area contributed by atoms with Gasteiger partial charge in [0.25, 0.3) is 0 Å². The van der Waals surface area contributed by atoms with Crippen LogP contribution in [0.3, 0.4) is 0 Å². The highest BCUT2D eigenvalue weighted by molar-refractivity contribution is 6.03. The van der Waals surface area contributed by atoms with Crippen LogP contribution in [-0.2, 0) is 6.42 Å². The monoisotopic (exact) mass is 313 g/mol. The van der Waals surface area contributed by atoms with Gasteiger partial charge in [-0.3, -0.25) is 0 Å². The van der Waals surface area contributed by atoms with Crippen molar-refractivity contribution >= 4 is 23.1 Å². The van der Waals surface area contributed by atoms with Crippen LogP contribution >= 0.6 is 0 Å². The summed E-state index contributed by atoms with van der Waals surface area (Å²) in [5.74, 6) is 0. The molecule has 0 fully saturated rings. The Morgan fingerprint density at radius 1 is 0.833 bits per heavy atom. The van der Waals surface area contributed by atoms with Gasteiger partial charge in [0.2, 0.25) is 0 Å². The number of hydrogen-bond donors (Lipinski definition) is 0. The van der Waals surface area contributed by atoms with Gasteiger partial charge in [0.15, 0.2) is 0 Å². The van der Waals surface area contributed by atoms with E-state index in [2.05, 4.69) is 77.0 Å². The molecule has 24 heavy (non-hydrogen) atoms. The molecule has 0 bridgehead atoms. The molecule has 1 aliphatic heterocycles. The van der Waals surface area contributed by atoms with Crippen molar-refractivity contribution in [3.05, 3.63) is 76.4 Å². The Morgan fingerprint density at radius 3 is 2.46 bits per heavy atom. The van der Waals surface area contributed by atoms with Crippen LogP contribution in [0.2, 0.25) is 0 Å². The number of benzene rings is 2. The van der Waals surface area contributed by atoms with Crippen LogP contribution in [0, 0.1) is 0 Å². The van der Waals surface area contributed by atoms with Gasteiger partial charge >= 0.3 is 0 Å². The van der Waals surface area contributed by atoms with Gasteiger partial charge < -0.3 is 0 Å². The summed E-state index contributed by atoms with van der Waals surface area (Å²) in [4.78, 5) is 0. The minimum Gasteiger partial charge on any atom is -0.140 e. The molecule has 3 heteroatoms. The molecule has 2 aromatic carbocycles. The third-order valence-corrected chi connectivity index (χ3v) is 4.51. The molecule has 0 N–H and O–H groups in total. The molecular weight excluding hydrogens is 294 g/mol. The highest BCUT2D eigenvalue weighted by Gasteiger charge is 2.20. The fraction of sp³-hybridized carbons (Fsp3) is 0.190.